The molecule has 15 heavy (non-hydrogen) atoms. The molecular formula is C12H15NO2. The third kappa shape index (κ3) is 3.26. The van der Waals surface area contributed by atoms with Gasteiger partial charge in [0.2, 0.25) is 0 Å². The lowest BCUT2D eigenvalue weighted by molar-refractivity contribution is 0.268. The van der Waals surface area contributed by atoms with Gasteiger partial charge in [0.15, 0.2) is 0 Å². The van der Waals surface area contributed by atoms with Crippen LogP contribution in [0.15, 0.2) is 18.2 Å². The number of nitrogens with zero attached hydrogens (tertiary/aromatic N) is 1. The SMILES string of the molecule is CC(C)COc1ccc(CO)cc1C#N. The molecule has 0 saturated carbocycles. The van der Waals surface area contributed by atoms with E-state index in [0.717, 1.165) is 5.56 Å². The van der Waals surface area contributed by atoms with Gasteiger partial charge in [-0.3, -0.25) is 0 Å². The molecular weight excluding hydrogens is 190 g/mol. The molecule has 0 atom stereocenters. The van der Waals surface area contributed by atoms with Gasteiger partial charge in [0.05, 0.1) is 18.8 Å². The summed E-state index contributed by atoms with van der Waals surface area (Å²) >= 11 is 0. The Morgan fingerprint density at radius 2 is 2.20 bits per heavy atom. The quantitative estimate of drug-likeness (QED) is 0.818. The summed E-state index contributed by atoms with van der Waals surface area (Å²) < 4.78 is 5.48. The number of ether oxygens (including phenoxy) is 1. The van der Waals surface area contributed by atoms with Gasteiger partial charge in [-0.15, -0.1) is 0 Å². The monoisotopic (exact) mass is 205 g/mol. The van der Waals surface area contributed by atoms with E-state index in [1.165, 1.54) is 0 Å². The fourth-order valence-electron chi connectivity index (χ4n) is 1.15. The van der Waals surface area contributed by atoms with E-state index in [2.05, 4.69) is 6.07 Å². The minimum absolute atomic E-state index is 0.0564. The van der Waals surface area contributed by atoms with Crippen LogP contribution in [0.5, 0.6) is 5.75 Å². The van der Waals surface area contributed by atoms with Crippen molar-refractivity contribution in [2.75, 3.05) is 6.61 Å². The van der Waals surface area contributed by atoms with E-state index in [4.69, 9.17) is 15.1 Å². The van der Waals surface area contributed by atoms with Crippen LogP contribution in [0.1, 0.15) is 25.0 Å². The minimum Gasteiger partial charge on any atom is -0.492 e. The molecule has 1 N–H and O–H groups in total. The van der Waals surface area contributed by atoms with Crippen LogP contribution in [0, 0.1) is 17.2 Å². The number of nitriles is 1. The summed E-state index contributed by atoms with van der Waals surface area (Å²) in [7, 11) is 0. The highest BCUT2D eigenvalue weighted by atomic mass is 16.5. The molecule has 0 bridgehead atoms. The summed E-state index contributed by atoms with van der Waals surface area (Å²) in [5, 5.41) is 17.8. The number of hydrogen-bond acceptors (Lipinski definition) is 3. The predicted molar refractivity (Wildman–Crippen MR) is 57.4 cm³/mol. The van der Waals surface area contributed by atoms with Crippen molar-refractivity contribution in [3.8, 4) is 11.8 Å². The molecule has 0 aliphatic rings. The van der Waals surface area contributed by atoms with Gasteiger partial charge in [0, 0.05) is 0 Å². The summed E-state index contributed by atoms with van der Waals surface area (Å²) in [5.74, 6) is 1.01. The van der Waals surface area contributed by atoms with Gasteiger partial charge in [-0.05, 0) is 23.6 Å². The summed E-state index contributed by atoms with van der Waals surface area (Å²) in [6.07, 6.45) is 0. The zero-order valence-electron chi connectivity index (χ0n) is 9.03. The van der Waals surface area contributed by atoms with Gasteiger partial charge >= 0.3 is 0 Å². The van der Waals surface area contributed by atoms with Crippen molar-refractivity contribution in [1.29, 1.82) is 5.26 Å². The Kier molecular flexibility index (Phi) is 4.14. The second-order valence-corrected chi connectivity index (χ2v) is 3.81. The van der Waals surface area contributed by atoms with Gasteiger partial charge in [0.25, 0.3) is 0 Å². The Bertz CT molecular complexity index is 366. The van der Waals surface area contributed by atoms with E-state index in [0.29, 0.717) is 23.8 Å². The average Bonchev–Trinajstić information content (AvgIpc) is 2.25. The van der Waals surface area contributed by atoms with Gasteiger partial charge in [-0.1, -0.05) is 19.9 Å². The molecule has 0 aliphatic carbocycles. The topological polar surface area (TPSA) is 53.2 Å². The maximum atomic E-state index is 8.92. The number of benzene rings is 1. The van der Waals surface area contributed by atoms with Crippen molar-refractivity contribution < 1.29 is 9.84 Å². The molecule has 0 fully saturated rings. The zero-order chi connectivity index (χ0) is 11.3. The lowest BCUT2D eigenvalue weighted by Gasteiger charge is -2.10. The zero-order valence-corrected chi connectivity index (χ0v) is 9.03. The van der Waals surface area contributed by atoms with Crippen molar-refractivity contribution in [3.63, 3.8) is 0 Å². The third-order valence-corrected chi connectivity index (χ3v) is 1.92. The Labute approximate surface area is 89.9 Å². The molecule has 0 saturated heterocycles. The Hall–Kier alpha value is -1.53. The van der Waals surface area contributed by atoms with E-state index in [1.807, 2.05) is 13.8 Å². The summed E-state index contributed by atoms with van der Waals surface area (Å²) in [4.78, 5) is 0. The van der Waals surface area contributed by atoms with E-state index < -0.39 is 0 Å². The fraction of sp³-hybridized carbons (Fsp3) is 0.417. The number of hydrogen-bond donors (Lipinski definition) is 1. The number of aliphatic hydroxyl groups excluding tert-OH is 1. The van der Waals surface area contributed by atoms with Crippen LogP contribution in [0.4, 0.5) is 0 Å². The van der Waals surface area contributed by atoms with Crippen LogP contribution in [-0.2, 0) is 6.61 Å². The maximum Gasteiger partial charge on any atom is 0.137 e. The normalized spacial score (nSPS) is 10.1. The first kappa shape index (κ1) is 11.5. The van der Waals surface area contributed by atoms with E-state index >= 15 is 0 Å². The molecule has 0 aromatic heterocycles. The number of aliphatic hydroxyl groups is 1. The van der Waals surface area contributed by atoms with Crippen molar-refractivity contribution in [2.24, 2.45) is 5.92 Å². The first-order chi connectivity index (χ1) is 7.17. The molecule has 1 aromatic carbocycles. The molecule has 0 unspecified atom stereocenters. The molecule has 3 nitrogen and oxygen atoms in total. The van der Waals surface area contributed by atoms with Crippen LogP contribution in [0.25, 0.3) is 0 Å². The molecule has 3 heteroatoms. The standard InChI is InChI=1S/C12H15NO2/c1-9(2)8-15-12-4-3-10(7-14)5-11(12)6-13/h3-5,9,14H,7-8H2,1-2H3. The second-order valence-electron chi connectivity index (χ2n) is 3.81. The van der Waals surface area contributed by atoms with Crippen LogP contribution < -0.4 is 4.74 Å². The first-order valence-electron chi connectivity index (χ1n) is 4.94. The molecule has 1 aromatic rings. The first-order valence-corrected chi connectivity index (χ1v) is 4.94. The van der Waals surface area contributed by atoms with Gasteiger partial charge in [-0.2, -0.15) is 5.26 Å². The highest BCUT2D eigenvalue weighted by Gasteiger charge is 2.05. The van der Waals surface area contributed by atoms with Crippen LogP contribution in [0.3, 0.4) is 0 Å². The van der Waals surface area contributed by atoms with Crippen molar-refractivity contribution >= 4 is 0 Å². The average molecular weight is 205 g/mol. The van der Waals surface area contributed by atoms with Crippen LogP contribution in [0.2, 0.25) is 0 Å². The van der Waals surface area contributed by atoms with Gasteiger partial charge in [0.1, 0.15) is 11.8 Å². The maximum absolute atomic E-state index is 8.92. The van der Waals surface area contributed by atoms with E-state index in [-0.39, 0.29) is 6.61 Å². The molecule has 80 valence electrons. The smallest absolute Gasteiger partial charge is 0.137 e. The number of rotatable bonds is 4. The Morgan fingerprint density at radius 3 is 2.73 bits per heavy atom. The summed E-state index contributed by atoms with van der Waals surface area (Å²) in [5.41, 5.74) is 1.20. The molecule has 1 rings (SSSR count). The molecule has 0 radical (unpaired) electrons. The van der Waals surface area contributed by atoms with Crippen molar-refractivity contribution in [3.05, 3.63) is 29.3 Å². The molecule has 0 heterocycles. The predicted octanol–water partition coefficient (Wildman–Crippen LogP) is 2.09. The highest BCUT2D eigenvalue weighted by Crippen LogP contribution is 2.20. The summed E-state index contributed by atoms with van der Waals surface area (Å²) in [6.45, 7) is 4.63. The third-order valence-electron chi connectivity index (χ3n) is 1.92. The van der Waals surface area contributed by atoms with Crippen LogP contribution >= 0.6 is 0 Å². The fourth-order valence-corrected chi connectivity index (χ4v) is 1.15. The van der Waals surface area contributed by atoms with Gasteiger partial charge in [-0.25, -0.2) is 0 Å². The Morgan fingerprint density at radius 1 is 1.47 bits per heavy atom. The van der Waals surface area contributed by atoms with E-state index in [9.17, 15) is 0 Å². The highest BCUT2D eigenvalue weighted by molar-refractivity contribution is 5.45. The molecule has 0 aliphatic heterocycles. The second kappa shape index (κ2) is 5.38. The van der Waals surface area contributed by atoms with E-state index in [1.54, 1.807) is 18.2 Å². The van der Waals surface area contributed by atoms with Crippen molar-refractivity contribution in [1.82, 2.24) is 0 Å². The van der Waals surface area contributed by atoms with Gasteiger partial charge < -0.3 is 9.84 Å². The van der Waals surface area contributed by atoms with Crippen LogP contribution in [-0.4, -0.2) is 11.7 Å². The minimum atomic E-state index is -0.0564. The lowest BCUT2D eigenvalue weighted by atomic mass is 10.1. The summed E-state index contributed by atoms with van der Waals surface area (Å²) in [6, 6.07) is 7.20. The lowest BCUT2D eigenvalue weighted by Crippen LogP contribution is -2.05. The molecule has 0 amide bonds. The Balaban J connectivity index is 2.84. The molecule has 0 spiro atoms. The van der Waals surface area contributed by atoms with Crippen molar-refractivity contribution in [2.45, 2.75) is 20.5 Å². The largest absolute Gasteiger partial charge is 0.492 e.